The first-order chi connectivity index (χ1) is 16.8. The number of sulfone groups is 1. The summed E-state index contributed by atoms with van der Waals surface area (Å²) in [5.74, 6) is 0.242. The number of hydrogen-bond acceptors (Lipinski definition) is 8. The topological polar surface area (TPSA) is 143 Å². The molecule has 1 aliphatic heterocycles. The number of ether oxygens (including phenoxy) is 2. The van der Waals surface area contributed by atoms with Crippen LogP contribution in [0.15, 0.2) is 29.2 Å². The van der Waals surface area contributed by atoms with Crippen molar-refractivity contribution in [3.8, 4) is 0 Å². The molecule has 0 saturated heterocycles. The molecule has 36 heavy (non-hydrogen) atoms. The van der Waals surface area contributed by atoms with Crippen LogP contribution < -0.4 is 15.5 Å². The number of anilines is 3. The monoisotopic (exact) mass is 519 g/mol. The molecule has 2 atom stereocenters. The number of aromatic amines is 1. The molecule has 0 bridgehead atoms. The molecule has 2 aliphatic rings. The van der Waals surface area contributed by atoms with E-state index in [9.17, 15) is 18.0 Å². The molecule has 4 rings (SSSR count). The van der Waals surface area contributed by atoms with E-state index < -0.39 is 33.5 Å². The van der Waals surface area contributed by atoms with Gasteiger partial charge in [0.05, 0.1) is 10.6 Å². The lowest BCUT2D eigenvalue weighted by molar-refractivity contribution is 0.0587. The minimum atomic E-state index is -3.69. The summed E-state index contributed by atoms with van der Waals surface area (Å²) in [4.78, 5) is 25.6. The van der Waals surface area contributed by atoms with Crippen molar-refractivity contribution in [2.75, 3.05) is 16.1 Å². The van der Waals surface area contributed by atoms with Crippen molar-refractivity contribution >= 4 is 39.2 Å². The second-order valence-corrected chi connectivity index (χ2v) is 12.4. The highest BCUT2D eigenvalue weighted by Crippen LogP contribution is 2.38. The molecule has 3 N–H and O–H groups in total. The quantitative estimate of drug-likeness (QED) is 0.527. The van der Waals surface area contributed by atoms with Gasteiger partial charge in [0.2, 0.25) is 0 Å². The van der Waals surface area contributed by atoms with Crippen LogP contribution in [0.1, 0.15) is 65.5 Å². The number of amides is 2. The molecule has 1 aliphatic carbocycles. The van der Waals surface area contributed by atoms with Crippen LogP contribution in [0.25, 0.3) is 0 Å². The zero-order valence-electron chi connectivity index (χ0n) is 21.1. The van der Waals surface area contributed by atoms with E-state index in [-0.39, 0.29) is 28.6 Å². The molecule has 1 saturated carbocycles. The van der Waals surface area contributed by atoms with Gasteiger partial charge in [0, 0.05) is 29.4 Å². The number of rotatable bonds is 5. The second kappa shape index (κ2) is 9.64. The smallest absolute Gasteiger partial charge is 0.415 e. The van der Waals surface area contributed by atoms with Crippen molar-refractivity contribution in [2.24, 2.45) is 0 Å². The van der Waals surface area contributed by atoms with Gasteiger partial charge in [-0.2, -0.15) is 5.10 Å². The van der Waals surface area contributed by atoms with Crippen LogP contribution in [0.4, 0.5) is 26.8 Å². The molecule has 0 radical (unpaired) electrons. The normalized spacial score (nSPS) is 20.8. The Balaban J connectivity index is 1.42. The summed E-state index contributed by atoms with van der Waals surface area (Å²) in [5.41, 5.74) is 0.988. The first-order valence-corrected chi connectivity index (χ1v) is 13.6. The Morgan fingerprint density at radius 2 is 1.94 bits per heavy atom. The van der Waals surface area contributed by atoms with Gasteiger partial charge in [-0.15, -0.1) is 0 Å². The molecule has 1 fully saturated rings. The van der Waals surface area contributed by atoms with Crippen LogP contribution in [-0.4, -0.2) is 54.4 Å². The Morgan fingerprint density at radius 3 is 2.64 bits per heavy atom. The first-order valence-electron chi connectivity index (χ1n) is 12.0. The summed E-state index contributed by atoms with van der Waals surface area (Å²) in [7, 11) is -3.69. The van der Waals surface area contributed by atoms with Gasteiger partial charge in [0.15, 0.2) is 15.7 Å². The number of benzene rings is 1. The average molecular weight is 520 g/mol. The molecular formula is C24H33N5O6S. The number of nitrogens with zero attached hydrogens (tertiary/aromatic N) is 2. The number of aromatic nitrogens is 2. The van der Waals surface area contributed by atoms with Crippen LogP contribution in [0.2, 0.25) is 0 Å². The molecule has 2 aromatic rings. The molecule has 1 aromatic carbocycles. The highest BCUT2D eigenvalue weighted by molar-refractivity contribution is 7.92. The number of hydrogen-bond donors (Lipinski definition) is 3. The van der Waals surface area contributed by atoms with Crippen molar-refractivity contribution in [1.29, 1.82) is 0 Å². The van der Waals surface area contributed by atoms with Crippen LogP contribution in [0.5, 0.6) is 0 Å². The van der Waals surface area contributed by atoms with Crippen LogP contribution in [-0.2, 0) is 19.3 Å². The number of nitrogens with one attached hydrogen (secondary N) is 3. The van der Waals surface area contributed by atoms with Crippen LogP contribution >= 0.6 is 0 Å². The van der Waals surface area contributed by atoms with Crippen molar-refractivity contribution in [1.82, 2.24) is 15.5 Å². The molecule has 0 spiro atoms. The number of alkyl carbamates (subject to hydrolysis) is 1. The summed E-state index contributed by atoms with van der Waals surface area (Å²) in [6.07, 6.45) is 1.07. The van der Waals surface area contributed by atoms with E-state index in [1.165, 1.54) is 6.07 Å². The van der Waals surface area contributed by atoms with Gasteiger partial charge < -0.3 is 20.1 Å². The van der Waals surface area contributed by atoms with Gasteiger partial charge in [-0.1, -0.05) is 0 Å². The first kappa shape index (κ1) is 25.8. The van der Waals surface area contributed by atoms with E-state index in [0.717, 1.165) is 23.4 Å². The maximum absolute atomic E-state index is 12.7. The molecule has 2 heterocycles. The van der Waals surface area contributed by atoms with Crippen molar-refractivity contribution in [2.45, 2.75) is 82.4 Å². The standard InChI is InChI=1S/C24H33N5O6S/c1-14(2)25-22(30)34-17-8-6-15(10-17)18-12-21(28-27-18)26-16-7-9-19-20(11-16)36(32,33)13-29(19)23(31)35-24(3,4)5/h7,9,11-12,14-15,17H,6,8,10,13H2,1-5H3,(H,25,30)(H2,26,27,28)/t15-,17+/m0/s1. The van der Waals surface area contributed by atoms with E-state index in [1.807, 2.05) is 19.9 Å². The molecule has 12 heteroatoms. The van der Waals surface area contributed by atoms with E-state index in [0.29, 0.717) is 17.9 Å². The SMILES string of the molecule is CC(C)NC(=O)O[C@@H]1CC[C@H](c2cc(Nc3ccc4c(c3)S(=O)(=O)CN4C(=O)OC(C)(C)C)n[nH]2)C1. The molecular weight excluding hydrogens is 486 g/mol. The number of H-pyrrole nitrogens is 1. The molecule has 196 valence electrons. The summed E-state index contributed by atoms with van der Waals surface area (Å²) in [6, 6.07) is 6.66. The van der Waals surface area contributed by atoms with Crippen LogP contribution in [0.3, 0.4) is 0 Å². The van der Waals surface area contributed by atoms with Crippen molar-refractivity contribution < 1.29 is 27.5 Å². The Morgan fingerprint density at radius 1 is 1.19 bits per heavy atom. The lowest BCUT2D eigenvalue weighted by atomic mass is 10.0. The number of carbonyl (C=O) groups excluding carboxylic acids is 2. The maximum Gasteiger partial charge on any atom is 0.415 e. The molecule has 1 aromatic heterocycles. The van der Waals surface area contributed by atoms with E-state index in [1.54, 1.807) is 32.9 Å². The van der Waals surface area contributed by atoms with E-state index in [2.05, 4.69) is 20.8 Å². The number of carbonyl (C=O) groups is 2. The van der Waals surface area contributed by atoms with Gasteiger partial charge in [0.25, 0.3) is 0 Å². The highest BCUT2D eigenvalue weighted by Gasteiger charge is 2.38. The van der Waals surface area contributed by atoms with Gasteiger partial charge in [0.1, 0.15) is 17.6 Å². The maximum atomic E-state index is 12.7. The summed E-state index contributed by atoms with van der Waals surface area (Å²) in [6.45, 7) is 8.94. The van der Waals surface area contributed by atoms with Gasteiger partial charge in [-0.05, 0) is 72.1 Å². The van der Waals surface area contributed by atoms with Gasteiger partial charge >= 0.3 is 12.2 Å². The molecule has 2 amide bonds. The molecule has 11 nitrogen and oxygen atoms in total. The third-order valence-corrected chi connectivity index (χ3v) is 7.47. The Kier molecular flexibility index (Phi) is 6.91. The summed E-state index contributed by atoms with van der Waals surface area (Å²) < 4.78 is 36.3. The predicted molar refractivity (Wildman–Crippen MR) is 134 cm³/mol. The van der Waals surface area contributed by atoms with Crippen molar-refractivity contribution in [3.05, 3.63) is 30.0 Å². The van der Waals surface area contributed by atoms with Crippen LogP contribution in [0, 0.1) is 0 Å². The Hall–Kier alpha value is -3.28. The third kappa shape index (κ3) is 5.92. The van der Waals surface area contributed by atoms with E-state index in [4.69, 9.17) is 9.47 Å². The second-order valence-electron chi connectivity index (χ2n) is 10.5. The fraction of sp³-hybridized carbons (Fsp3) is 0.542. The third-order valence-electron chi connectivity index (χ3n) is 5.87. The van der Waals surface area contributed by atoms with Gasteiger partial charge in [-0.25, -0.2) is 18.0 Å². The minimum Gasteiger partial charge on any atom is -0.446 e. The minimum absolute atomic E-state index is 0.0190. The highest BCUT2D eigenvalue weighted by atomic mass is 32.2. The predicted octanol–water partition coefficient (Wildman–Crippen LogP) is 4.41. The lowest BCUT2D eigenvalue weighted by Crippen LogP contribution is -2.36. The Bertz CT molecular complexity index is 1250. The number of fused-ring (bicyclic) bond motifs is 1. The largest absolute Gasteiger partial charge is 0.446 e. The zero-order chi connectivity index (χ0) is 26.3. The molecule has 0 unspecified atom stereocenters. The van der Waals surface area contributed by atoms with E-state index >= 15 is 0 Å². The fourth-order valence-corrected chi connectivity index (χ4v) is 5.88. The fourth-order valence-electron chi connectivity index (χ4n) is 4.35. The summed E-state index contributed by atoms with van der Waals surface area (Å²) in [5, 5.41) is 13.2. The van der Waals surface area contributed by atoms with Crippen molar-refractivity contribution in [3.63, 3.8) is 0 Å². The van der Waals surface area contributed by atoms with Gasteiger partial charge in [-0.3, -0.25) is 10.00 Å². The summed E-state index contributed by atoms with van der Waals surface area (Å²) >= 11 is 0. The zero-order valence-corrected chi connectivity index (χ0v) is 21.9. The average Bonchev–Trinajstić information content (AvgIpc) is 3.45. The Labute approximate surface area is 210 Å². The lowest BCUT2D eigenvalue weighted by Gasteiger charge is -2.24.